The summed E-state index contributed by atoms with van der Waals surface area (Å²) in [7, 11) is 0. The van der Waals surface area contributed by atoms with Crippen LogP contribution in [0.3, 0.4) is 0 Å². The van der Waals surface area contributed by atoms with Gasteiger partial charge in [0.1, 0.15) is 5.03 Å². The van der Waals surface area contributed by atoms with Crippen molar-refractivity contribution in [2.45, 2.75) is 5.03 Å². The van der Waals surface area contributed by atoms with E-state index in [0.29, 0.717) is 5.03 Å². The normalized spacial score (nSPS) is 10.4. The van der Waals surface area contributed by atoms with Crippen LogP contribution in [0.5, 0.6) is 0 Å². The molecule has 0 saturated carbocycles. The molecule has 5 heteroatoms. The molecule has 1 aromatic carbocycles. The number of aliphatic carboxylic acids is 1. The molecule has 4 nitrogen and oxygen atoms in total. The molecule has 0 spiro atoms. The van der Waals surface area contributed by atoms with Gasteiger partial charge in [-0.2, -0.15) is 5.10 Å². The minimum Gasteiger partial charge on any atom is -0.549 e. The quantitative estimate of drug-likeness (QED) is 0.702. The van der Waals surface area contributed by atoms with Gasteiger partial charge in [-0.25, -0.2) is 0 Å². The van der Waals surface area contributed by atoms with Gasteiger partial charge in [0.25, 0.3) is 0 Å². The molecule has 0 bridgehead atoms. The van der Waals surface area contributed by atoms with E-state index in [-0.39, 0.29) is 5.75 Å². The summed E-state index contributed by atoms with van der Waals surface area (Å²) in [6.45, 7) is 0. The lowest BCUT2D eigenvalue weighted by atomic mass is 10.2. The zero-order chi connectivity index (χ0) is 10.7. The second-order valence-electron chi connectivity index (χ2n) is 2.90. The van der Waals surface area contributed by atoms with E-state index in [1.165, 1.54) is 0 Å². The van der Waals surface area contributed by atoms with E-state index in [0.717, 1.165) is 22.5 Å². The predicted octanol–water partition coefficient (Wildman–Crippen LogP) is 0.472. The molecule has 15 heavy (non-hydrogen) atoms. The van der Waals surface area contributed by atoms with Gasteiger partial charge in [-0.05, 0) is 0 Å². The van der Waals surface area contributed by atoms with E-state index in [2.05, 4.69) is 10.2 Å². The van der Waals surface area contributed by atoms with Crippen molar-refractivity contribution in [1.29, 1.82) is 0 Å². The Morgan fingerprint density at radius 3 is 3.00 bits per heavy atom. The number of rotatable bonds is 3. The van der Waals surface area contributed by atoms with Crippen LogP contribution in [0.4, 0.5) is 0 Å². The van der Waals surface area contributed by atoms with E-state index >= 15 is 0 Å². The van der Waals surface area contributed by atoms with Gasteiger partial charge in [0.15, 0.2) is 0 Å². The van der Waals surface area contributed by atoms with Crippen molar-refractivity contribution >= 4 is 28.5 Å². The monoisotopic (exact) mass is 219 g/mol. The van der Waals surface area contributed by atoms with Crippen molar-refractivity contribution in [2.24, 2.45) is 0 Å². The van der Waals surface area contributed by atoms with Gasteiger partial charge >= 0.3 is 0 Å². The first-order chi connectivity index (χ1) is 7.27. The highest BCUT2D eigenvalue weighted by atomic mass is 32.2. The second kappa shape index (κ2) is 4.27. The highest BCUT2D eigenvalue weighted by Gasteiger charge is 2.02. The molecule has 0 N–H and O–H groups in total. The maximum absolute atomic E-state index is 10.3. The average Bonchev–Trinajstić information content (AvgIpc) is 2.26. The first-order valence-corrected chi connectivity index (χ1v) is 5.29. The number of carboxylic acids is 1. The maximum atomic E-state index is 10.3. The molecule has 0 unspecified atom stereocenters. The Morgan fingerprint density at radius 2 is 2.20 bits per heavy atom. The molecule has 0 radical (unpaired) electrons. The van der Waals surface area contributed by atoms with Gasteiger partial charge < -0.3 is 9.90 Å². The largest absolute Gasteiger partial charge is 0.549 e. The van der Waals surface area contributed by atoms with E-state index in [1.807, 2.05) is 24.3 Å². The highest BCUT2D eigenvalue weighted by molar-refractivity contribution is 8.00. The van der Waals surface area contributed by atoms with Crippen molar-refractivity contribution in [3.8, 4) is 0 Å². The number of carboxylic acid groups (broad SMARTS) is 1. The molecule has 0 aliphatic heterocycles. The van der Waals surface area contributed by atoms with Crippen LogP contribution in [-0.2, 0) is 4.79 Å². The highest BCUT2D eigenvalue weighted by Crippen LogP contribution is 2.23. The zero-order valence-corrected chi connectivity index (χ0v) is 8.53. The van der Waals surface area contributed by atoms with Gasteiger partial charge in [-0.3, -0.25) is 0 Å². The van der Waals surface area contributed by atoms with Crippen LogP contribution < -0.4 is 5.11 Å². The van der Waals surface area contributed by atoms with Crippen molar-refractivity contribution in [3.05, 3.63) is 30.5 Å². The van der Waals surface area contributed by atoms with E-state index in [9.17, 15) is 9.90 Å². The molecule has 0 amide bonds. The number of carbonyl (C=O) groups is 1. The average molecular weight is 219 g/mol. The summed E-state index contributed by atoms with van der Waals surface area (Å²) in [5.41, 5.74) is 0. The molecule has 0 saturated heterocycles. The minimum absolute atomic E-state index is 0.108. The summed E-state index contributed by atoms with van der Waals surface area (Å²) < 4.78 is 0. The fraction of sp³-hybridized carbons (Fsp3) is 0.100. The predicted molar refractivity (Wildman–Crippen MR) is 55.3 cm³/mol. The van der Waals surface area contributed by atoms with Gasteiger partial charge in [-0.15, -0.1) is 5.10 Å². The Labute approximate surface area is 90.3 Å². The van der Waals surface area contributed by atoms with Crippen LogP contribution in [0.25, 0.3) is 10.8 Å². The first kappa shape index (κ1) is 9.92. The van der Waals surface area contributed by atoms with Crippen LogP contribution in [-0.4, -0.2) is 21.9 Å². The van der Waals surface area contributed by atoms with E-state index in [1.54, 1.807) is 6.20 Å². The zero-order valence-electron chi connectivity index (χ0n) is 7.71. The fourth-order valence-corrected chi connectivity index (χ4v) is 1.94. The summed E-state index contributed by atoms with van der Waals surface area (Å²) in [4.78, 5) is 10.3. The van der Waals surface area contributed by atoms with Gasteiger partial charge in [0.05, 0.1) is 12.2 Å². The van der Waals surface area contributed by atoms with Crippen LogP contribution in [0, 0.1) is 0 Å². The van der Waals surface area contributed by atoms with Crippen LogP contribution in [0.15, 0.2) is 35.5 Å². The Morgan fingerprint density at radius 1 is 1.40 bits per heavy atom. The molecule has 0 atom stereocenters. The second-order valence-corrected chi connectivity index (χ2v) is 3.86. The van der Waals surface area contributed by atoms with E-state index in [4.69, 9.17) is 0 Å². The third-order valence-corrected chi connectivity index (χ3v) is 2.82. The molecule has 2 rings (SSSR count). The lowest BCUT2D eigenvalue weighted by Gasteiger charge is -2.04. The molecule has 0 aliphatic rings. The van der Waals surface area contributed by atoms with Gasteiger partial charge in [0, 0.05) is 16.5 Å². The molecule has 0 fully saturated rings. The SMILES string of the molecule is O=C([O-])CSc1nncc2ccccc12. The number of aromatic nitrogens is 2. The summed E-state index contributed by atoms with van der Waals surface area (Å²) in [6, 6.07) is 7.58. The van der Waals surface area contributed by atoms with Crippen LogP contribution in [0.1, 0.15) is 0 Å². The van der Waals surface area contributed by atoms with Crippen molar-refractivity contribution in [2.75, 3.05) is 5.75 Å². The van der Waals surface area contributed by atoms with Crippen LogP contribution >= 0.6 is 11.8 Å². The molecular formula is C10H7N2O2S-. The van der Waals surface area contributed by atoms with Crippen LogP contribution in [0.2, 0.25) is 0 Å². The molecule has 1 aromatic heterocycles. The smallest absolute Gasteiger partial charge is 0.127 e. The number of thioether (sulfide) groups is 1. The van der Waals surface area contributed by atoms with E-state index < -0.39 is 5.97 Å². The molecule has 76 valence electrons. The summed E-state index contributed by atoms with van der Waals surface area (Å²) >= 11 is 1.12. The Balaban J connectivity index is 2.38. The van der Waals surface area contributed by atoms with Crippen molar-refractivity contribution in [3.63, 3.8) is 0 Å². The Hall–Kier alpha value is -1.62. The molecular weight excluding hydrogens is 212 g/mol. The Kier molecular flexibility index (Phi) is 2.82. The molecule has 1 heterocycles. The number of benzene rings is 1. The third-order valence-electron chi connectivity index (χ3n) is 1.86. The lowest BCUT2D eigenvalue weighted by Crippen LogP contribution is -2.24. The standard InChI is InChI=1S/C10H8N2O2S/c13-9(14)6-15-10-8-4-2-1-3-7(8)5-11-12-10/h1-5H,6H2,(H,13,14)/p-1. The van der Waals surface area contributed by atoms with Gasteiger partial charge in [0.2, 0.25) is 0 Å². The number of hydrogen-bond acceptors (Lipinski definition) is 5. The molecule has 0 aliphatic carbocycles. The third kappa shape index (κ3) is 2.24. The minimum atomic E-state index is -1.10. The summed E-state index contributed by atoms with van der Waals surface area (Å²) in [5.74, 6) is -1.21. The summed E-state index contributed by atoms with van der Waals surface area (Å²) in [6.07, 6.45) is 1.65. The number of nitrogens with zero attached hydrogens (tertiary/aromatic N) is 2. The lowest BCUT2D eigenvalue weighted by molar-refractivity contribution is -0.301. The van der Waals surface area contributed by atoms with Crippen molar-refractivity contribution < 1.29 is 9.90 Å². The van der Waals surface area contributed by atoms with Gasteiger partial charge in [-0.1, -0.05) is 36.0 Å². The topological polar surface area (TPSA) is 65.9 Å². The number of fused-ring (bicyclic) bond motifs is 1. The summed E-state index contributed by atoms with van der Waals surface area (Å²) in [5, 5.41) is 20.5. The number of hydrogen-bond donors (Lipinski definition) is 0. The number of carbonyl (C=O) groups excluding carboxylic acids is 1. The van der Waals surface area contributed by atoms with Crippen molar-refractivity contribution in [1.82, 2.24) is 10.2 Å². The fourth-order valence-electron chi connectivity index (χ4n) is 1.24. The Bertz CT molecular complexity index is 496. The first-order valence-electron chi connectivity index (χ1n) is 4.30. The molecule has 2 aromatic rings. The maximum Gasteiger partial charge on any atom is 0.127 e.